The highest BCUT2D eigenvalue weighted by Crippen LogP contribution is 2.65. The van der Waals surface area contributed by atoms with Crippen molar-refractivity contribution in [3.63, 3.8) is 0 Å². The number of fused-ring (bicyclic) bond motifs is 9. The summed E-state index contributed by atoms with van der Waals surface area (Å²) in [6.07, 6.45) is 2.82. The third-order valence-corrected chi connectivity index (χ3v) is 14.1. The van der Waals surface area contributed by atoms with Crippen LogP contribution in [0.2, 0.25) is 0 Å². The van der Waals surface area contributed by atoms with Crippen molar-refractivity contribution in [1.29, 1.82) is 5.26 Å². The molecule has 0 aliphatic carbocycles. The molecule has 298 valence electrons. The Hall–Kier alpha value is -5.14. The van der Waals surface area contributed by atoms with Crippen LogP contribution >= 0.6 is 11.8 Å². The van der Waals surface area contributed by atoms with Crippen LogP contribution in [0.25, 0.3) is 0 Å². The number of aromatic hydroxyl groups is 2. The summed E-state index contributed by atoms with van der Waals surface area (Å²) < 4.78 is 36.2. The van der Waals surface area contributed by atoms with Crippen molar-refractivity contribution in [1.82, 2.24) is 15.1 Å². The molecular weight excluding hydrogens is 753 g/mol. The molecule has 0 amide bonds. The van der Waals surface area contributed by atoms with E-state index in [4.69, 9.17) is 28.4 Å². The number of hydrogen-bond acceptors (Lipinski definition) is 15. The van der Waals surface area contributed by atoms with Gasteiger partial charge in [0.1, 0.15) is 18.4 Å². The van der Waals surface area contributed by atoms with Gasteiger partial charge in [-0.3, -0.25) is 19.9 Å². The van der Waals surface area contributed by atoms with Gasteiger partial charge in [0, 0.05) is 60.1 Å². The maximum absolute atomic E-state index is 14.8. The van der Waals surface area contributed by atoms with Gasteiger partial charge in [-0.25, -0.2) is 4.79 Å². The van der Waals surface area contributed by atoms with Gasteiger partial charge in [-0.2, -0.15) is 5.26 Å². The van der Waals surface area contributed by atoms with Crippen LogP contribution in [0.5, 0.6) is 40.2 Å². The average molecular weight is 797 g/mol. The largest absolute Gasteiger partial charge is 0.504 e. The van der Waals surface area contributed by atoms with E-state index in [0.29, 0.717) is 76.7 Å². The summed E-state index contributed by atoms with van der Waals surface area (Å²) in [5.74, 6) is 0.869. The lowest BCUT2D eigenvalue weighted by atomic mass is 9.71. The number of hydrogen-bond donors (Lipinski definition) is 3. The minimum atomic E-state index is -1.38. The first kappa shape index (κ1) is 37.4. The van der Waals surface area contributed by atoms with Crippen molar-refractivity contribution < 1.29 is 48.2 Å². The zero-order valence-electron chi connectivity index (χ0n) is 32.3. The van der Waals surface area contributed by atoms with E-state index in [1.807, 2.05) is 26.0 Å². The number of ether oxygens (including phenoxy) is 6. The van der Waals surface area contributed by atoms with Crippen LogP contribution in [-0.2, 0) is 32.7 Å². The van der Waals surface area contributed by atoms with E-state index >= 15 is 0 Å². The van der Waals surface area contributed by atoms with Gasteiger partial charge in [-0.15, -0.1) is 18.3 Å². The minimum absolute atomic E-state index is 0.0262. The molecule has 2 unspecified atom stereocenters. The molecule has 14 nitrogen and oxygen atoms in total. The number of carbonyl (C=O) groups excluding carboxylic acids is 2. The molecule has 0 aromatic heterocycles. The van der Waals surface area contributed by atoms with E-state index in [9.17, 15) is 25.1 Å². The maximum Gasteiger partial charge on any atom is 0.331 e. The number of piperazine rings is 1. The molecular formula is C42H44N4O10S. The van der Waals surface area contributed by atoms with E-state index in [1.54, 1.807) is 12.1 Å². The molecule has 3 aromatic carbocycles. The number of phenols is 2. The number of nitriles is 1. The highest BCUT2D eigenvalue weighted by atomic mass is 32.2. The number of thioether (sulfide) groups is 1. The molecule has 7 aliphatic rings. The van der Waals surface area contributed by atoms with Crippen LogP contribution in [0.1, 0.15) is 68.8 Å². The standard InChI is InChI=1S/C42H44N4O10S/c1-7-10-45-25-12-23-11-19(2)36(52-6)35(49)30(23)33(45)34-40-32-31(39-38(54-18-55-39)20(3)37(32)56-21(4)47)27(46(34)26(25)15-43)16-53-41(50)42(17-57-40)24-14-29(51-5)28(48)13-22(24)8-9-44-42/h7,11,13-14,25-27,33-34,40,44,48-49H,1,8-10,12,16-18H2,2-6H3/t25-,26-,27-,33+,34?,40+,42?/m0/s1. The second kappa shape index (κ2) is 13.8. The Morgan fingerprint density at radius 2 is 1.89 bits per heavy atom. The number of esters is 2. The zero-order valence-corrected chi connectivity index (χ0v) is 33.2. The van der Waals surface area contributed by atoms with Crippen LogP contribution in [0.15, 0.2) is 30.9 Å². The fourth-order valence-corrected chi connectivity index (χ4v) is 12.1. The highest BCUT2D eigenvalue weighted by Gasteiger charge is 2.62. The van der Waals surface area contributed by atoms with Gasteiger partial charge in [0.2, 0.25) is 6.79 Å². The zero-order chi connectivity index (χ0) is 40.1. The Balaban J connectivity index is 1.35. The molecule has 4 bridgehead atoms. The number of phenolic OH excluding ortho intramolecular Hbond substituents is 2. The van der Waals surface area contributed by atoms with Gasteiger partial charge in [0.25, 0.3) is 0 Å². The van der Waals surface area contributed by atoms with Crippen molar-refractivity contribution >= 4 is 23.7 Å². The minimum Gasteiger partial charge on any atom is -0.504 e. The van der Waals surface area contributed by atoms with E-state index in [2.05, 4.69) is 27.8 Å². The molecule has 7 atom stereocenters. The Morgan fingerprint density at radius 1 is 1.11 bits per heavy atom. The summed E-state index contributed by atoms with van der Waals surface area (Å²) in [6, 6.07) is 5.08. The third kappa shape index (κ3) is 5.26. The Kier molecular flexibility index (Phi) is 9.04. The number of rotatable bonds is 5. The lowest BCUT2D eigenvalue weighted by molar-refractivity contribution is -0.157. The predicted molar refractivity (Wildman–Crippen MR) is 207 cm³/mol. The molecule has 7 heterocycles. The van der Waals surface area contributed by atoms with Crippen molar-refractivity contribution in [2.75, 3.05) is 46.5 Å². The molecule has 10 rings (SSSR count). The molecule has 1 spiro atoms. The molecule has 0 radical (unpaired) electrons. The molecule has 2 saturated heterocycles. The molecule has 3 aromatic rings. The summed E-state index contributed by atoms with van der Waals surface area (Å²) in [6.45, 7) is 9.75. The summed E-state index contributed by atoms with van der Waals surface area (Å²) in [4.78, 5) is 32.2. The van der Waals surface area contributed by atoms with Crippen LogP contribution < -0.4 is 29.0 Å². The van der Waals surface area contributed by atoms with Gasteiger partial charge in [0.05, 0.1) is 37.6 Å². The normalized spacial score (nSPS) is 28.2. The molecule has 0 saturated carbocycles. The first-order valence-electron chi connectivity index (χ1n) is 19.0. The van der Waals surface area contributed by atoms with Crippen molar-refractivity contribution in [2.45, 2.75) is 74.6 Å². The molecule has 15 heteroatoms. The van der Waals surface area contributed by atoms with E-state index in [-0.39, 0.29) is 42.4 Å². The number of nitrogens with one attached hydrogen (secondary N) is 1. The fraction of sp³-hybridized carbons (Fsp3) is 0.452. The SMILES string of the molecule is C=CCN1[C@@H]2c3c(cc(C)c(OC)c3O)C[C@H]1[C@H](C#N)N1C2[C@@H]2SCC3(NCCc4cc(O)c(OC)cc43)C(=O)OC[C@H]1c1c3c(c(C)c(OC(C)=O)c12)OCO3. The first-order valence-corrected chi connectivity index (χ1v) is 20.1. The quantitative estimate of drug-likeness (QED) is 0.187. The summed E-state index contributed by atoms with van der Waals surface area (Å²) >= 11 is 1.47. The van der Waals surface area contributed by atoms with Crippen LogP contribution in [0.3, 0.4) is 0 Å². The summed E-state index contributed by atoms with van der Waals surface area (Å²) in [5, 5.41) is 37.2. The smallest absolute Gasteiger partial charge is 0.331 e. The second-order valence-corrected chi connectivity index (χ2v) is 16.5. The number of benzene rings is 3. The summed E-state index contributed by atoms with van der Waals surface area (Å²) in [5.41, 5.74) is 4.30. The van der Waals surface area contributed by atoms with Crippen molar-refractivity contribution in [3.05, 3.63) is 75.4 Å². The van der Waals surface area contributed by atoms with Gasteiger partial charge >= 0.3 is 11.9 Å². The topological polar surface area (TPSA) is 172 Å². The average Bonchev–Trinajstić information content (AvgIpc) is 3.68. The van der Waals surface area contributed by atoms with Crippen LogP contribution in [0.4, 0.5) is 0 Å². The second-order valence-electron chi connectivity index (χ2n) is 15.4. The fourth-order valence-electron chi connectivity index (χ4n) is 10.4. The molecule has 2 fully saturated rings. The number of nitrogens with zero attached hydrogens (tertiary/aromatic N) is 3. The van der Waals surface area contributed by atoms with Gasteiger partial charge in [-0.1, -0.05) is 12.1 Å². The van der Waals surface area contributed by atoms with E-state index in [1.165, 1.54) is 32.9 Å². The van der Waals surface area contributed by atoms with Crippen molar-refractivity contribution in [3.8, 4) is 46.3 Å². The monoisotopic (exact) mass is 796 g/mol. The molecule has 7 aliphatic heterocycles. The predicted octanol–water partition coefficient (Wildman–Crippen LogP) is 4.54. The lowest BCUT2D eigenvalue weighted by Crippen LogP contribution is -2.70. The maximum atomic E-state index is 14.8. The number of aryl methyl sites for hydroxylation is 1. The van der Waals surface area contributed by atoms with Crippen LogP contribution in [0, 0.1) is 25.2 Å². The molecule has 57 heavy (non-hydrogen) atoms. The van der Waals surface area contributed by atoms with Crippen molar-refractivity contribution in [2.24, 2.45) is 0 Å². The number of carbonyl (C=O) groups is 2. The third-order valence-electron chi connectivity index (χ3n) is 12.6. The Bertz CT molecular complexity index is 2290. The van der Waals surface area contributed by atoms with E-state index in [0.717, 1.165) is 16.7 Å². The number of methoxy groups -OCH3 is 2. The Morgan fingerprint density at radius 3 is 2.61 bits per heavy atom. The van der Waals surface area contributed by atoms with Gasteiger partial charge in [0.15, 0.2) is 40.0 Å². The molecule has 3 N–H and O–H groups in total. The van der Waals surface area contributed by atoms with E-state index < -0.39 is 46.9 Å². The Labute approximate surface area is 334 Å². The van der Waals surface area contributed by atoms with Crippen LogP contribution in [-0.4, -0.2) is 96.5 Å². The van der Waals surface area contributed by atoms with Gasteiger partial charge < -0.3 is 38.6 Å². The first-order chi connectivity index (χ1) is 27.5. The van der Waals surface area contributed by atoms with Gasteiger partial charge in [-0.05, 0) is 61.1 Å². The summed E-state index contributed by atoms with van der Waals surface area (Å²) in [7, 11) is 3.00. The highest BCUT2D eigenvalue weighted by molar-refractivity contribution is 7.99. The lowest BCUT2D eigenvalue weighted by Gasteiger charge is -2.62.